The number of nitro benzene ring substituents is 1. The van der Waals surface area contributed by atoms with Crippen molar-refractivity contribution in [1.82, 2.24) is 4.98 Å². The number of hydrogen-bond donors (Lipinski definition) is 0. The summed E-state index contributed by atoms with van der Waals surface area (Å²) in [4.78, 5) is 14.7. The number of benzene rings is 1. The summed E-state index contributed by atoms with van der Waals surface area (Å²) in [5.41, 5.74) is 1.60. The highest BCUT2D eigenvalue weighted by Gasteiger charge is 2.13. The van der Waals surface area contributed by atoms with Gasteiger partial charge in [0.2, 0.25) is 0 Å². The van der Waals surface area contributed by atoms with Crippen LogP contribution in [-0.4, -0.2) is 9.91 Å². The lowest BCUT2D eigenvalue weighted by Crippen LogP contribution is -1.90. The molecule has 0 N–H and O–H groups in total. The molecule has 4 nitrogen and oxygen atoms in total. The highest BCUT2D eigenvalue weighted by molar-refractivity contribution is 9.10. The lowest BCUT2D eigenvalue weighted by molar-refractivity contribution is -0.385. The van der Waals surface area contributed by atoms with Crippen LogP contribution in [0.25, 0.3) is 11.3 Å². The highest BCUT2D eigenvalue weighted by atomic mass is 79.9. The minimum absolute atomic E-state index is 0. The summed E-state index contributed by atoms with van der Waals surface area (Å²) in [6.45, 7) is 1.90. The molecule has 0 saturated heterocycles. The van der Waals surface area contributed by atoms with Crippen molar-refractivity contribution in [2.45, 2.75) is 6.92 Å². The molecular formula is C10H8Br2N2O2S. The Morgan fingerprint density at radius 2 is 2.18 bits per heavy atom. The van der Waals surface area contributed by atoms with E-state index in [0.717, 1.165) is 16.3 Å². The highest BCUT2D eigenvalue weighted by Crippen LogP contribution is 2.30. The largest absolute Gasteiger partial charge is 0.284 e. The molecule has 0 spiro atoms. The Labute approximate surface area is 121 Å². The van der Waals surface area contributed by atoms with Crippen LogP contribution in [0, 0.1) is 17.0 Å². The van der Waals surface area contributed by atoms with E-state index >= 15 is 0 Å². The molecule has 0 bridgehead atoms. The van der Waals surface area contributed by atoms with E-state index in [1.165, 1.54) is 17.4 Å². The zero-order valence-corrected chi connectivity index (χ0v) is 12.8. The Morgan fingerprint density at radius 3 is 2.71 bits per heavy atom. The third kappa shape index (κ3) is 3.11. The monoisotopic (exact) mass is 378 g/mol. The molecule has 1 aromatic heterocycles. The third-order valence-electron chi connectivity index (χ3n) is 2.06. The van der Waals surface area contributed by atoms with Crippen molar-refractivity contribution in [3.05, 3.63) is 43.2 Å². The van der Waals surface area contributed by atoms with E-state index in [-0.39, 0.29) is 22.7 Å². The molecule has 1 heterocycles. The number of hydrogen-bond acceptors (Lipinski definition) is 4. The fraction of sp³-hybridized carbons (Fsp3) is 0.100. The molecule has 0 aliphatic rings. The summed E-state index contributed by atoms with van der Waals surface area (Å²) in [5, 5.41) is 13.6. The van der Waals surface area contributed by atoms with Crippen molar-refractivity contribution in [3.8, 4) is 11.3 Å². The van der Waals surface area contributed by atoms with E-state index in [4.69, 9.17) is 0 Å². The lowest BCUT2D eigenvalue weighted by Gasteiger charge is -1.99. The molecule has 0 saturated carbocycles. The molecule has 0 fully saturated rings. The van der Waals surface area contributed by atoms with Crippen LogP contribution in [0.15, 0.2) is 28.1 Å². The molecule has 0 aliphatic carbocycles. The number of halogens is 2. The Balaban J connectivity index is 0.00000144. The van der Waals surface area contributed by atoms with Crippen molar-refractivity contribution < 1.29 is 4.92 Å². The zero-order valence-electron chi connectivity index (χ0n) is 8.71. The van der Waals surface area contributed by atoms with Gasteiger partial charge in [-0.25, -0.2) is 4.98 Å². The minimum Gasteiger partial charge on any atom is -0.258 e. The standard InChI is InChI=1S/C10H7BrN2O2S.BrH/c1-6-12-9(5-16-6)7-2-3-8(11)10(4-7)13(14)15;/h2-5H,1H3;1H. The fourth-order valence-electron chi connectivity index (χ4n) is 1.31. The first-order valence-electron chi connectivity index (χ1n) is 4.44. The second-order valence-corrected chi connectivity index (χ2v) is 5.09. The quantitative estimate of drug-likeness (QED) is 0.575. The van der Waals surface area contributed by atoms with Gasteiger partial charge in [0.15, 0.2) is 0 Å². The van der Waals surface area contributed by atoms with Gasteiger partial charge in [0.05, 0.1) is 20.1 Å². The van der Waals surface area contributed by atoms with E-state index in [9.17, 15) is 10.1 Å². The Kier molecular flexibility index (Phi) is 4.79. The Hall–Kier alpha value is -0.790. The summed E-state index contributed by atoms with van der Waals surface area (Å²) >= 11 is 4.67. The number of nitrogens with zero attached hydrogens (tertiary/aromatic N) is 2. The van der Waals surface area contributed by atoms with Gasteiger partial charge < -0.3 is 0 Å². The summed E-state index contributed by atoms with van der Waals surface area (Å²) in [6.07, 6.45) is 0. The van der Waals surface area contributed by atoms with Crippen molar-refractivity contribution in [2.75, 3.05) is 0 Å². The zero-order chi connectivity index (χ0) is 11.7. The predicted octanol–water partition coefficient (Wildman–Crippen LogP) is 4.37. The maximum absolute atomic E-state index is 10.8. The maximum atomic E-state index is 10.8. The summed E-state index contributed by atoms with van der Waals surface area (Å²) < 4.78 is 0.480. The number of aryl methyl sites for hydroxylation is 1. The van der Waals surface area contributed by atoms with Gasteiger partial charge in [-0.3, -0.25) is 10.1 Å². The Bertz CT molecular complexity index is 557. The van der Waals surface area contributed by atoms with E-state index < -0.39 is 4.92 Å². The molecule has 0 aliphatic heterocycles. The van der Waals surface area contributed by atoms with Gasteiger partial charge in [0, 0.05) is 17.0 Å². The first-order chi connectivity index (χ1) is 7.58. The van der Waals surface area contributed by atoms with E-state index in [1.807, 2.05) is 18.4 Å². The van der Waals surface area contributed by atoms with Gasteiger partial charge >= 0.3 is 0 Å². The smallest absolute Gasteiger partial charge is 0.258 e. The van der Waals surface area contributed by atoms with Gasteiger partial charge in [-0.05, 0) is 28.9 Å². The van der Waals surface area contributed by atoms with Gasteiger partial charge in [-0.1, -0.05) is 6.07 Å². The van der Waals surface area contributed by atoms with E-state index in [0.29, 0.717) is 4.47 Å². The van der Waals surface area contributed by atoms with Crippen molar-refractivity contribution in [2.24, 2.45) is 0 Å². The number of aromatic nitrogens is 1. The predicted molar refractivity (Wildman–Crippen MR) is 77.0 cm³/mol. The van der Waals surface area contributed by atoms with Crippen LogP contribution in [0.2, 0.25) is 0 Å². The molecule has 0 amide bonds. The molecule has 17 heavy (non-hydrogen) atoms. The molecule has 0 radical (unpaired) electrons. The van der Waals surface area contributed by atoms with Gasteiger partial charge in [-0.15, -0.1) is 28.3 Å². The normalized spacial score (nSPS) is 9.76. The fourth-order valence-corrected chi connectivity index (χ4v) is 2.32. The lowest BCUT2D eigenvalue weighted by atomic mass is 10.1. The Morgan fingerprint density at radius 1 is 1.47 bits per heavy atom. The van der Waals surface area contributed by atoms with E-state index in [2.05, 4.69) is 20.9 Å². The molecule has 0 unspecified atom stereocenters. The van der Waals surface area contributed by atoms with E-state index in [1.54, 1.807) is 6.07 Å². The van der Waals surface area contributed by atoms with Crippen molar-refractivity contribution >= 4 is 49.9 Å². The molecule has 0 atom stereocenters. The first-order valence-corrected chi connectivity index (χ1v) is 6.11. The number of nitro groups is 1. The topological polar surface area (TPSA) is 56.0 Å². The summed E-state index contributed by atoms with van der Waals surface area (Å²) in [6, 6.07) is 5.01. The second-order valence-electron chi connectivity index (χ2n) is 3.18. The average molecular weight is 380 g/mol. The van der Waals surface area contributed by atoms with Crippen LogP contribution < -0.4 is 0 Å². The minimum atomic E-state index is -0.410. The molecule has 1 aromatic carbocycles. The SMILES string of the molecule is Br.Cc1nc(-c2ccc(Br)c([N+](=O)[O-])c2)cs1. The maximum Gasteiger partial charge on any atom is 0.284 e. The molecule has 7 heteroatoms. The van der Waals surface area contributed by atoms with Crippen LogP contribution >= 0.6 is 44.2 Å². The van der Waals surface area contributed by atoms with Gasteiger partial charge in [0.25, 0.3) is 5.69 Å². The van der Waals surface area contributed by atoms with Crippen LogP contribution in [0.1, 0.15) is 5.01 Å². The second kappa shape index (κ2) is 5.70. The molecule has 2 aromatic rings. The number of rotatable bonds is 2. The van der Waals surface area contributed by atoms with Crippen LogP contribution in [0.3, 0.4) is 0 Å². The van der Waals surface area contributed by atoms with Crippen LogP contribution in [0.4, 0.5) is 5.69 Å². The van der Waals surface area contributed by atoms with Gasteiger partial charge in [0.1, 0.15) is 0 Å². The molecule has 90 valence electrons. The third-order valence-corrected chi connectivity index (χ3v) is 3.50. The summed E-state index contributed by atoms with van der Waals surface area (Å²) in [5.74, 6) is 0. The summed E-state index contributed by atoms with van der Waals surface area (Å²) in [7, 11) is 0. The van der Waals surface area contributed by atoms with Crippen molar-refractivity contribution in [1.29, 1.82) is 0 Å². The van der Waals surface area contributed by atoms with Gasteiger partial charge in [-0.2, -0.15) is 0 Å². The molecular weight excluding hydrogens is 372 g/mol. The average Bonchev–Trinajstić information content (AvgIpc) is 2.65. The molecule has 2 rings (SSSR count). The first kappa shape index (κ1) is 14.3. The van der Waals surface area contributed by atoms with Crippen LogP contribution in [-0.2, 0) is 0 Å². The van der Waals surface area contributed by atoms with Crippen molar-refractivity contribution in [3.63, 3.8) is 0 Å². The number of thiazole rings is 1. The van der Waals surface area contributed by atoms with Crippen LogP contribution in [0.5, 0.6) is 0 Å².